The molecule has 1 aromatic heterocycles. The van der Waals surface area contributed by atoms with Crippen molar-refractivity contribution in [2.75, 3.05) is 7.11 Å². The van der Waals surface area contributed by atoms with Gasteiger partial charge in [-0.3, -0.25) is 0 Å². The minimum absolute atomic E-state index is 0.0769. The summed E-state index contributed by atoms with van der Waals surface area (Å²) in [5.74, 6) is -0.859. The zero-order chi connectivity index (χ0) is 15.5. The Morgan fingerprint density at radius 2 is 2.00 bits per heavy atom. The van der Waals surface area contributed by atoms with Gasteiger partial charge in [0.25, 0.3) is 0 Å². The molecule has 0 radical (unpaired) electrons. The molecule has 21 heavy (non-hydrogen) atoms. The molecule has 2 rings (SSSR count). The van der Waals surface area contributed by atoms with Gasteiger partial charge in [0.05, 0.1) is 12.7 Å². The first kappa shape index (κ1) is 15.0. The lowest BCUT2D eigenvalue weighted by Crippen LogP contribution is -2.13. The molecule has 0 N–H and O–H groups in total. The van der Waals surface area contributed by atoms with E-state index in [1.807, 2.05) is 6.07 Å². The lowest BCUT2D eigenvalue weighted by atomic mass is 10.2. The number of rotatable bonds is 4. The molecule has 0 unspecified atom stereocenters. The standard InChI is InChI=1S/C13H9NO5S2/c1-18-13(15)12-11(6-7-20-12)21(16,17)19-10-5-3-2-4-9(10)8-14/h2-7H,1H3. The molecule has 0 bridgehead atoms. The second kappa shape index (κ2) is 5.95. The van der Waals surface area contributed by atoms with E-state index in [-0.39, 0.29) is 21.1 Å². The third-order valence-electron chi connectivity index (χ3n) is 2.48. The minimum atomic E-state index is -4.23. The summed E-state index contributed by atoms with van der Waals surface area (Å²) in [6.07, 6.45) is 0. The van der Waals surface area contributed by atoms with Crippen LogP contribution >= 0.6 is 11.3 Å². The van der Waals surface area contributed by atoms with Crippen LogP contribution in [-0.4, -0.2) is 21.5 Å². The van der Waals surface area contributed by atoms with Crippen molar-refractivity contribution in [3.05, 3.63) is 46.2 Å². The molecule has 6 nitrogen and oxygen atoms in total. The summed E-state index contributed by atoms with van der Waals surface area (Å²) >= 11 is 0.931. The van der Waals surface area contributed by atoms with Gasteiger partial charge in [-0.25, -0.2) is 4.79 Å². The van der Waals surface area contributed by atoms with E-state index in [4.69, 9.17) is 9.44 Å². The number of hydrogen-bond acceptors (Lipinski definition) is 7. The van der Waals surface area contributed by atoms with Crippen LogP contribution in [0.5, 0.6) is 5.75 Å². The van der Waals surface area contributed by atoms with E-state index in [0.29, 0.717) is 0 Å². The molecular weight excluding hydrogens is 314 g/mol. The average Bonchev–Trinajstić information content (AvgIpc) is 2.97. The SMILES string of the molecule is COC(=O)c1sccc1S(=O)(=O)Oc1ccccc1C#N. The van der Waals surface area contributed by atoms with E-state index in [1.54, 1.807) is 12.1 Å². The molecule has 8 heteroatoms. The van der Waals surface area contributed by atoms with Crippen molar-refractivity contribution in [1.82, 2.24) is 0 Å². The third-order valence-corrected chi connectivity index (χ3v) is 4.78. The zero-order valence-corrected chi connectivity index (χ0v) is 12.4. The quantitative estimate of drug-likeness (QED) is 0.632. The predicted octanol–water partition coefficient (Wildman–Crippen LogP) is 2.17. The Hall–Kier alpha value is -2.37. The van der Waals surface area contributed by atoms with E-state index >= 15 is 0 Å². The van der Waals surface area contributed by atoms with Crippen molar-refractivity contribution in [3.63, 3.8) is 0 Å². The summed E-state index contributed by atoms with van der Waals surface area (Å²) in [7, 11) is -3.07. The van der Waals surface area contributed by atoms with Gasteiger partial charge in [-0.1, -0.05) is 12.1 Å². The fourth-order valence-corrected chi connectivity index (χ4v) is 3.79. The fourth-order valence-electron chi connectivity index (χ4n) is 1.53. The van der Waals surface area contributed by atoms with Crippen LogP contribution in [0.4, 0.5) is 0 Å². The second-order valence-electron chi connectivity index (χ2n) is 3.75. The molecule has 0 saturated heterocycles. The summed E-state index contributed by atoms with van der Waals surface area (Å²) < 4.78 is 34.0. The first-order chi connectivity index (χ1) is 9.99. The van der Waals surface area contributed by atoms with Crippen molar-refractivity contribution >= 4 is 27.4 Å². The van der Waals surface area contributed by atoms with Gasteiger partial charge < -0.3 is 8.92 Å². The van der Waals surface area contributed by atoms with Gasteiger partial charge in [0.2, 0.25) is 0 Å². The van der Waals surface area contributed by atoms with Crippen LogP contribution in [0, 0.1) is 11.3 Å². The van der Waals surface area contributed by atoms with Gasteiger partial charge in [0.1, 0.15) is 15.8 Å². The predicted molar refractivity (Wildman–Crippen MR) is 74.6 cm³/mol. The number of thiophene rings is 1. The number of benzene rings is 1. The molecule has 0 saturated carbocycles. The van der Waals surface area contributed by atoms with Crippen molar-refractivity contribution in [1.29, 1.82) is 5.26 Å². The van der Waals surface area contributed by atoms with E-state index in [9.17, 15) is 13.2 Å². The number of carbonyl (C=O) groups is 1. The molecule has 0 amide bonds. The molecular formula is C13H9NO5S2. The molecule has 0 spiro atoms. The van der Waals surface area contributed by atoms with Crippen molar-refractivity contribution in [2.24, 2.45) is 0 Å². The van der Waals surface area contributed by atoms with Crippen LogP contribution in [0.25, 0.3) is 0 Å². The Bertz CT molecular complexity index is 817. The van der Waals surface area contributed by atoms with Crippen LogP contribution in [-0.2, 0) is 14.9 Å². The monoisotopic (exact) mass is 323 g/mol. The molecule has 0 aliphatic heterocycles. The van der Waals surface area contributed by atoms with Crippen molar-refractivity contribution in [3.8, 4) is 11.8 Å². The zero-order valence-electron chi connectivity index (χ0n) is 10.8. The number of ether oxygens (including phenoxy) is 1. The van der Waals surface area contributed by atoms with E-state index < -0.39 is 16.1 Å². The van der Waals surface area contributed by atoms with E-state index in [1.165, 1.54) is 23.6 Å². The highest BCUT2D eigenvalue weighted by molar-refractivity contribution is 7.87. The Morgan fingerprint density at radius 1 is 1.29 bits per heavy atom. The maximum atomic E-state index is 12.2. The molecule has 1 heterocycles. The highest BCUT2D eigenvalue weighted by atomic mass is 32.2. The van der Waals surface area contributed by atoms with Crippen LogP contribution in [0.2, 0.25) is 0 Å². The fraction of sp³-hybridized carbons (Fsp3) is 0.0769. The molecule has 2 aromatic rings. The van der Waals surface area contributed by atoms with Gasteiger partial charge in [0, 0.05) is 0 Å². The molecule has 0 fully saturated rings. The third kappa shape index (κ3) is 3.04. The number of esters is 1. The summed E-state index contributed by atoms with van der Waals surface area (Å²) in [4.78, 5) is 11.2. The molecule has 0 atom stereocenters. The summed E-state index contributed by atoms with van der Waals surface area (Å²) in [6, 6.07) is 9.00. The van der Waals surface area contributed by atoms with Crippen molar-refractivity contribution in [2.45, 2.75) is 4.90 Å². The van der Waals surface area contributed by atoms with Crippen LogP contribution < -0.4 is 4.18 Å². The highest BCUT2D eigenvalue weighted by Crippen LogP contribution is 2.27. The Balaban J connectivity index is 2.43. The molecule has 108 valence electrons. The van der Waals surface area contributed by atoms with Crippen molar-refractivity contribution < 1.29 is 22.1 Å². The lowest BCUT2D eigenvalue weighted by molar-refractivity contribution is 0.0602. The summed E-state index contributed by atoms with van der Waals surface area (Å²) in [5, 5.41) is 10.4. The highest BCUT2D eigenvalue weighted by Gasteiger charge is 2.27. The van der Waals surface area contributed by atoms with E-state index in [0.717, 1.165) is 18.4 Å². The van der Waals surface area contributed by atoms with Gasteiger partial charge in [-0.2, -0.15) is 13.7 Å². The second-order valence-corrected chi connectivity index (χ2v) is 6.18. The largest absolute Gasteiger partial charge is 0.465 e. The van der Waals surface area contributed by atoms with Gasteiger partial charge >= 0.3 is 16.1 Å². The molecule has 0 aliphatic rings. The first-order valence-corrected chi connectivity index (χ1v) is 7.88. The maximum Gasteiger partial charge on any atom is 0.349 e. The Morgan fingerprint density at radius 3 is 2.67 bits per heavy atom. The number of carbonyl (C=O) groups excluding carboxylic acids is 1. The van der Waals surface area contributed by atoms with Crippen LogP contribution in [0.3, 0.4) is 0 Å². The Kier molecular flexibility index (Phi) is 4.26. The van der Waals surface area contributed by atoms with Crippen LogP contribution in [0.15, 0.2) is 40.6 Å². The number of para-hydroxylation sites is 1. The topological polar surface area (TPSA) is 93.5 Å². The smallest absolute Gasteiger partial charge is 0.349 e. The number of nitrogens with zero attached hydrogens (tertiary/aromatic N) is 1. The first-order valence-electron chi connectivity index (χ1n) is 5.59. The number of hydrogen-bond donors (Lipinski definition) is 0. The van der Waals surface area contributed by atoms with Gasteiger partial charge in [0.15, 0.2) is 5.75 Å². The number of methoxy groups -OCH3 is 1. The lowest BCUT2D eigenvalue weighted by Gasteiger charge is -2.08. The van der Waals surface area contributed by atoms with E-state index in [2.05, 4.69) is 4.74 Å². The number of nitriles is 1. The molecule has 0 aliphatic carbocycles. The minimum Gasteiger partial charge on any atom is -0.465 e. The van der Waals surface area contributed by atoms with Gasteiger partial charge in [-0.15, -0.1) is 11.3 Å². The summed E-state index contributed by atoms with van der Waals surface area (Å²) in [6.45, 7) is 0. The summed E-state index contributed by atoms with van der Waals surface area (Å²) in [5.41, 5.74) is 0.0796. The maximum absolute atomic E-state index is 12.2. The average molecular weight is 323 g/mol. The Labute approximate surface area is 125 Å². The van der Waals surface area contributed by atoms with Gasteiger partial charge in [-0.05, 0) is 23.6 Å². The normalized spacial score (nSPS) is 10.7. The molecule has 1 aromatic carbocycles. The van der Waals surface area contributed by atoms with Crippen LogP contribution in [0.1, 0.15) is 15.2 Å².